The lowest BCUT2D eigenvalue weighted by Crippen LogP contribution is -2.61. The van der Waals surface area contributed by atoms with Crippen molar-refractivity contribution < 1.29 is 4.42 Å². The van der Waals surface area contributed by atoms with Gasteiger partial charge in [0.1, 0.15) is 5.58 Å². The van der Waals surface area contributed by atoms with Crippen LogP contribution in [0.25, 0.3) is 11.0 Å². The summed E-state index contributed by atoms with van der Waals surface area (Å²) in [5.41, 5.74) is 22.3. The molecule has 0 radical (unpaired) electrons. The van der Waals surface area contributed by atoms with Crippen LogP contribution in [0.1, 0.15) is 162 Å². The Hall–Kier alpha value is -4.70. The maximum absolute atomic E-state index is 7.29. The first-order valence-corrected chi connectivity index (χ1v) is 23.1. The number of furan rings is 1. The Morgan fingerprint density at radius 1 is 0.525 bits per heavy atom. The average molecular weight is 807 g/mol. The van der Waals surface area contributed by atoms with Crippen molar-refractivity contribution >= 4 is 68.4 Å². The van der Waals surface area contributed by atoms with Crippen molar-refractivity contribution in [1.29, 1.82) is 0 Å². The lowest BCUT2D eigenvalue weighted by Gasteiger charge is -2.48. The molecule has 0 spiro atoms. The number of anilines is 6. The van der Waals surface area contributed by atoms with E-state index in [-0.39, 0.29) is 39.2 Å². The van der Waals surface area contributed by atoms with Crippen LogP contribution in [0.5, 0.6) is 0 Å². The fourth-order valence-electron chi connectivity index (χ4n) is 11.5. The van der Waals surface area contributed by atoms with E-state index in [1.54, 1.807) is 0 Å². The molecule has 2 aliphatic heterocycles. The number of para-hydroxylation sites is 1. The molecule has 0 unspecified atom stereocenters. The molecule has 10 rings (SSSR count). The smallest absolute Gasteiger partial charge is 0.297 e. The molecule has 314 valence electrons. The molecule has 61 heavy (non-hydrogen) atoms. The van der Waals surface area contributed by atoms with E-state index in [2.05, 4.69) is 199 Å². The Labute approximate surface area is 367 Å². The van der Waals surface area contributed by atoms with Crippen LogP contribution in [0.3, 0.4) is 0 Å². The van der Waals surface area contributed by atoms with Gasteiger partial charge in [-0.05, 0) is 163 Å². The van der Waals surface area contributed by atoms with Crippen LogP contribution < -0.4 is 26.4 Å². The average Bonchev–Trinajstić information content (AvgIpc) is 3.56. The van der Waals surface area contributed by atoms with Crippen LogP contribution >= 0.6 is 0 Å². The minimum Gasteiger partial charge on any atom is -0.468 e. The third-order valence-electron chi connectivity index (χ3n) is 15.8. The Morgan fingerprint density at radius 3 is 1.57 bits per heavy atom. The second kappa shape index (κ2) is 12.7. The van der Waals surface area contributed by atoms with Crippen molar-refractivity contribution in [1.82, 2.24) is 0 Å². The van der Waals surface area contributed by atoms with Gasteiger partial charge in [-0.2, -0.15) is 0 Å². The van der Waals surface area contributed by atoms with Gasteiger partial charge in [-0.3, -0.25) is 0 Å². The Balaban J connectivity index is 1.37. The molecular weight excluding hydrogens is 739 g/mol. The molecule has 3 nitrogen and oxygen atoms in total. The molecule has 0 N–H and O–H groups in total. The first kappa shape index (κ1) is 40.4. The summed E-state index contributed by atoms with van der Waals surface area (Å²) in [5.74, 6) is 0. The van der Waals surface area contributed by atoms with Crippen molar-refractivity contribution in [3.63, 3.8) is 0 Å². The largest absolute Gasteiger partial charge is 0.468 e. The van der Waals surface area contributed by atoms with Gasteiger partial charge >= 0.3 is 0 Å². The predicted molar refractivity (Wildman–Crippen MR) is 263 cm³/mol. The van der Waals surface area contributed by atoms with Gasteiger partial charge in [0.2, 0.25) is 0 Å². The highest BCUT2D eigenvalue weighted by Crippen LogP contribution is 2.54. The third kappa shape index (κ3) is 5.97. The molecule has 0 amide bonds. The van der Waals surface area contributed by atoms with E-state index in [4.69, 9.17) is 4.42 Å². The monoisotopic (exact) mass is 807 g/mol. The van der Waals surface area contributed by atoms with Gasteiger partial charge in [-0.25, -0.2) is 0 Å². The summed E-state index contributed by atoms with van der Waals surface area (Å²) >= 11 is 0. The van der Waals surface area contributed by atoms with E-state index in [0.29, 0.717) is 0 Å². The van der Waals surface area contributed by atoms with E-state index < -0.39 is 0 Å². The van der Waals surface area contributed by atoms with Crippen LogP contribution in [0, 0.1) is 6.92 Å². The van der Waals surface area contributed by atoms with Gasteiger partial charge in [0, 0.05) is 33.8 Å². The Kier molecular flexibility index (Phi) is 8.41. The molecule has 1 aromatic heterocycles. The molecule has 0 bridgehead atoms. The van der Waals surface area contributed by atoms with Gasteiger partial charge in [-0.1, -0.05) is 133 Å². The standard InChI is InChI=1S/C57H67BN2O/c1-34-28-39-41(56(12,13)26-24-54(39,8)9)32-44(34)60-45-33-42-40(55(10,11)25-27-57(42,14)15)31-43(45)58-49-46(29-36(30-47(49)60)53(5,6)7)59(37-22-20-35(21-23-37)52(2,3)4)50-38-18-16-17-19-48(38)61-51(50)58/h16-23,28-33H,24-27H2,1-15H3. The van der Waals surface area contributed by atoms with Crippen molar-refractivity contribution in [2.75, 3.05) is 9.80 Å². The van der Waals surface area contributed by atoms with Crippen LogP contribution in [-0.2, 0) is 32.5 Å². The van der Waals surface area contributed by atoms with Crippen molar-refractivity contribution in [2.24, 2.45) is 0 Å². The van der Waals surface area contributed by atoms with Gasteiger partial charge in [0.25, 0.3) is 6.71 Å². The zero-order valence-electron chi connectivity index (χ0n) is 39.8. The molecule has 6 aromatic rings. The molecular formula is C57H67BN2O. The SMILES string of the molecule is Cc1cc2c(cc1N1c3cc4c(cc3B3c5oc6ccccc6c5N(c5ccc(C(C)(C)C)cc5)c5cc(C(C)(C)C)cc1c53)C(C)(C)CCC4(C)C)C(C)(C)CCC2(C)C. The number of rotatable bonds is 2. The highest BCUT2D eigenvalue weighted by atomic mass is 16.3. The van der Waals surface area contributed by atoms with Crippen molar-refractivity contribution in [3.8, 4) is 0 Å². The molecule has 5 aromatic carbocycles. The topological polar surface area (TPSA) is 19.6 Å². The van der Waals surface area contributed by atoms with E-state index in [9.17, 15) is 0 Å². The minimum atomic E-state index is -0.105. The molecule has 0 atom stereocenters. The quantitative estimate of drug-likeness (QED) is 0.162. The maximum atomic E-state index is 7.29. The van der Waals surface area contributed by atoms with Crippen LogP contribution in [0.15, 0.2) is 89.3 Å². The zero-order valence-corrected chi connectivity index (χ0v) is 39.8. The number of hydrogen-bond acceptors (Lipinski definition) is 3. The molecule has 3 heterocycles. The van der Waals surface area contributed by atoms with Gasteiger partial charge < -0.3 is 14.2 Å². The van der Waals surface area contributed by atoms with Gasteiger partial charge in [-0.15, -0.1) is 0 Å². The molecule has 4 heteroatoms. The second-order valence-electron chi connectivity index (χ2n) is 24.1. The van der Waals surface area contributed by atoms with Gasteiger partial charge in [0.05, 0.1) is 11.3 Å². The zero-order chi connectivity index (χ0) is 43.6. The fourth-order valence-corrected chi connectivity index (χ4v) is 11.5. The Bertz CT molecular complexity index is 2800. The number of hydrogen-bond donors (Lipinski definition) is 0. The lowest BCUT2D eigenvalue weighted by atomic mass is 9.35. The summed E-state index contributed by atoms with van der Waals surface area (Å²) in [6.07, 6.45) is 4.71. The predicted octanol–water partition coefficient (Wildman–Crippen LogP) is 14.1. The fraction of sp³-hybridized carbons (Fsp3) is 0.439. The van der Waals surface area contributed by atoms with Crippen LogP contribution in [0.4, 0.5) is 34.1 Å². The number of nitrogens with zero attached hydrogens (tertiary/aromatic N) is 2. The molecule has 0 saturated carbocycles. The maximum Gasteiger partial charge on any atom is 0.297 e. The second-order valence-corrected chi connectivity index (χ2v) is 24.1. The number of benzene rings is 5. The summed E-state index contributed by atoms with van der Waals surface area (Å²) in [7, 11) is 0. The summed E-state index contributed by atoms with van der Waals surface area (Å²) in [6.45, 7) is 36.0. The normalized spacial score (nSPS) is 19.2. The Morgan fingerprint density at radius 2 is 1.02 bits per heavy atom. The number of aryl methyl sites for hydroxylation is 1. The van der Waals surface area contributed by atoms with Crippen LogP contribution in [0.2, 0.25) is 0 Å². The first-order valence-electron chi connectivity index (χ1n) is 23.1. The first-order chi connectivity index (χ1) is 28.4. The van der Waals surface area contributed by atoms with Crippen LogP contribution in [-0.4, -0.2) is 6.71 Å². The van der Waals surface area contributed by atoms with Gasteiger partial charge in [0.15, 0.2) is 0 Å². The third-order valence-corrected chi connectivity index (χ3v) is 15.8. The van der Waals surface area contributed by atoms with E-state index in [1.165, 1.54) is 104 Å². The van der Waals surface area contributed by atoms with Crippen molar-refractivity contribution in [3.05, 3.63) is 124 Å². The summed E-state index contributed by atoms with van der Waals surface area (Å²) < 4.78 is 7.29. The summed E-state index contributed by atoms with van der Waals surface area (Å²) in [6, 6.07) is 33.6. The van der Waals surface area contributed by atoms with E-state index in [0.717, 1.165) is 22.3 Å². The number of fused-ring (bicyclic) bond motifs is 8. The molecule has 0 fully saturated rings. The minimum absolute atomic E-state index is 0.0482. The molecule has 2 aliphatic carbocycles. The van der Waals surface area contributed by atoms with E-state index >= 15 is 0 Å². The summed E-state index contributed by atoms with van der Waals surface area (Å²) in [5, 5.41) is 1.16. The lowest BCUT2D eigenvalue weighted by molar-refractivity contribution is 0.331. The molecule has 0 saturated heterocycles. The summed E-state index contributed by atoms with van der Waals surface area (Å²) in [4.78, 5) is 5.26. The molecule has 4 aliphatic rings. The van der Waals surface area contributed by atoms with E-state index in [1.807, 2.05) is 0 Å². The highest BCUT2D eigenvalue weighted by Gasteiger charge is 2.50. The highest BCUT2D eigenvalue weighted by molar-refractivity contribution is 7.00. The van der Waals surface area contributed by atoms with Crippen molar-refractivity contribution in [2.45, 2.75) is 162 Å².